The fourth-order valence-corrected chi connectivity index (χ4v) is 5.02. The number of aliphatic hydroxyl groups is 2. The number of likely N-dealkylation sites (N-methyl/N-ethyl adjacent to an activating group) is 1. The molecule has 0 saturated carbocycles. The highest BCUT2D eigenvalue weighted by molar-refractivity contribution is 5.93. The number of para-hydroxylation sites is 1. The summed E-state index contributed by atoms with van der Waals surface area (Å²) in [5.41, 5.74) is 1.61. The van der Waals surface area contributed by atoms with Crippen LogP contribution in [0.15, 0.2) is 54.6 Å². The molecule has 1 heterocycles. The molecule has 41 heavy (non-hydrogen) atoms. The van der Waals surface area contributed by atoms with Crippen molar-refractivity contribution in [2.24, 2.45) is 5.92 Å². The highest BCUT2D eigenvalue weighted by Gasteiger charge is 2.37. The van der Waals surface area contributed by atoms with E-state index < -0.39 is 42.1 Å². The molecule has 1 aliphatic rings. The van der Waals surface area contributed by atoms with Crippen LogP contribution in [0, 0.1) is 5.92 Å². The highest BCUT2D eigenvalue weighted by atomic mass is 16.5. The van der Waals surface area contributed by atoms with Crippen LogP contribution in [0.3, 0.4) is 0 Å². The van der Waals surface area contributed by atoms with Gasteiger partial charge in [-0.3, -0.25) is 14.4 Å². The third-order valence-corrected chi connectivity index (χ3v) is 7.55. The molecular formula is C31H44N4O6. The van der Waals surface area contributed by atoms with Crippen molar-refractivity contribution < 1.29 is 29.3 Å². The van der Waals surface area contributed by atoms with Crippen molar-refractivity contribution >= 4 is 17.7 Å². The second-order valence-electron chi connectivity index (χ2n) is 10.8. The van der Waals surface area contributed by atoms with Gasteiger partial charge in [-0.05, 0) is 30.0 Å². The number of aliphatic hydroxyl groups excluding tert-OH is 2. The number of ether oxygens (including phenoxy) is 1. The molecule has 0 fully saturated rings. The minimum Gasteiger partial charge on any atom is -0.492 e. The van der Waals surface area contributed by atoms with Gasteiger partial charge in [0.25, 0.3) is 0 Å². The Bertz CT molecular complexity index is 1140. The summed E-state index contributed by atoms with van der Waals surface area (Å²) in [6.07, 6.45) is -0.940. The standard InChI is InChI=1S/C31H44N4O6/c1-5-20(2)27-31(40)35(4)28(21(3)36)30(39)34-25(17-22-11-7-6-8-12-22)29(38)33-19-24(37)18-23-13-9-10-14-26(23)41-16-15-32-27/h6-14,20-21,24-25,27-28,32,36-37H,5,15-19H2,1-4H3,(H,33,38)(H,34,39)/t20?,21?,24-,25+,27-,28-/m0/s1. The van der Waals surface area contributed by atoms with Gasteiger partial charge in [0.05, 0.1) is 18.2 Å². The van der Waals surface area contributed by atoms with Crippen LogP contribution in [0.1, 0.15) is 38.3 Å². The quantitative estimate of drug-likeness (QED) is 0.363. The molecule has 0 radical (unpaired) electrons. The molecule has 3 rings (SSSR count). The van der Waals surface area contributed by atoms with Gasteiger partial charge in [-0.15, -0.1) is 0 Å². The Labute approximate surface area is 242 Å². The maximum Gasteiger partial charge on any atom is 0.246 e. The molecule has 0 saturated heterocycles. The molecule has 0 spiro atoms. The topological polar surface area (TPSA) is 140 Å². The van der Waals surface area contributed by atoms with Gasteiger partial charge >= 0.3 is 0 Å². The number of fused-ring (bicyclic) bond motifs is 1. The van der Waals surface area contributed by atoms with Crippen molar-refractivity contribution in [2.45, 2.75) is 70.4 Å². The normalized spacial score (nSPS) is 25.0. The molecule has 0 aromatic heterocycles. The lowest BCUT2D eigenvalue weighted by molar-refractivity contribution is -0.146. The van der Waals surface area contributed by atoms with Crippen LogP contribution in [0.5, 0.6) is 5.75 Å². The Hall–Kier alpha value is -3.47. The lowest BCUT2D eigenvalue weighted by Gasteiger charge is -2.35. The maximum atomic E-state index is 13.7. The largest absolute Gasteiger partial charge is 0.492 e. The fraction of sp³-hybridized carbons (Fsp3) is 0.516. The van der Waals surface area contributed by atoms with E-state index in [9.17, 15) is 24.6 Å². The molecule has 2 aromatic carbocycles. The number of nitrogens with one attached hydrogen (secondary N) is 3. The van der Waals surface area contributed by atoms with E-state index in [4.69, 9.17) is 4.74 Å². The van der Waals surface area contributed by atoms with Crippen LogP contribution in [0.4, 0.5) is 0 Å². The number of hydrogen-bond acceptors (Lipinski definition) is 7. The minimum absolute atomic E-state index is 0.0370. The highest BCUT2D eigenvalue weighted by Crippen LogP contribution is 2.20. The van der Waals surface area contributed by atoms with Gasteiger partial charge in [0.15, 0.2) is 0 Å². The number of hydrogen-bond donors (Lipinski definition) is 5. The second kappa shape index (κ2) is 15.5. The lowest BCUT2D eigenvalue weighted by Crippen LogP contribution is -2.61. The first kappa shape index (κ1) is 32.0. The number of nitrogens with zero attached hydrogens (tertiary/aromatic N) is 1. The Morgan fingerprint density at radius 1 is 1.02 bits per heavy atom. The molecule has 10 heteroatoms. The van der Waals surface area contributed by atoms with Gasteiger partial charge < -0.3 is 35.8 Å². The molecular weight excluding hydrogens is 524 g/mol. The number of amides is 3. The first-order chi connectivity index (χ1) is 19.6. The average Bonchev–Trinajstić information content (AvgIpc) is 2.95. The Kier molecular flexibility index (Phi) is 12.1. The predicted molar refractivity (Wildman–Crippen MR) is 156 cm³/mol. The summed E-state index contributed by atoms with van der Waals surface area (Å²) in [6.45, 7) is 5.98. The van der Waals surface area contributed by atoms with Gasteiger partial charge in [0, 0.05) is 33.0 Å². The van der Waals surface area contributed by atoms with Crippen LogP contribution >= 0.6 is 0 Å². The van der Waals surface area contributed by atoms with E-state index in [1.54, 1.807) is 0 Å². The lowest BCUT2D eigenvalue weighted by atomic mass is 9.96. The molecule has 6 atom stereocenters. The number of rotatable bonds is 5. The third kappa shape index (κ3) is 9.01. The number of benzene rings is 2. The predicted octanol–water partition coefficient (Wildman–Crippen LogP) is 1.04. The fourth-order valence-electron chi connectivity index (χ4n) is 5.02. The molecule has 3 amide bonds. The van der Waals surface area contributed by atoms with Crippen molar-refractivity contribution in [3.05, 3.63) is 65.7 Å². The van der Waals surface area contributed by atoms with Crippen molar-refractivity contribution in [3.8, 4) is 5.75 Å². The SMILES string of the molecule is CCC(C)[C@@H]1NCCOc2ccccc2C[C@H](O)CNC(=O)[C@@H](Cc2ccccc2)NC(=O)[C@H](C(C)O)N(C)C1=O. The number of carbonyl (C=O) groups is 3. The van der Waals surface area contributed by atoms with E-state index in [0.717, 1.165) is 11.1 Å². The van der Waals surface area contributed by atoms with Crippen LogP contribution in [0.2, 0.25) is 0 Å². The van der Waals surface area contributed by atoms with E-state index in [-0.39, 0.29) is 37.8 Å². The molecule has 5 N–H and O–H groups in total. The molecule has 0 bridgehead atoms. The van der Waals surface area contributed by atoms with Crippen molar-refractivity contribution in [3.63, 3.8) is 0 Å². The Morgan fingerprint density at radius 2 is 1.71 bits per heavy atom. The van der Waals surface area contributed by atoms with Gasteiger partial charge in [-0.1, -0.05) is 68.8 Å². The van der Waals surface area contributed by atoms with Crippen molar-refractivity contribution in [1.82, 2.24) is 20.9 Å². The molecule has 0 aliphatic carbocycles. The van der Waals surface area contributed by atoms with Crippen LogP contribution in [-0.4, -0.2) is 89.9 Å². The smallest absolute Gasteiger partial charge is 0.246 e. The number of carbonyl (C=O) groups excluding carboxylic acids is 3. The van der Waals surface area contributed by atoms with Crippen molar-refractivity contribution in [1.29, 1.82) is 0 Å². The first-order valence-corrected chi connectivity index (χ1v) is 14.3. The summed E-state index contributed by atoms with van der Waals surface area (Å²) < 4.78 is 6.00. The van der Waals surface area contributed by atoms with E-state index >= 15 is 0 Å². The maximum absolute atomic E-state index is 13.7. The summed E-state index contributed by atoms with van der Waals surface area (Å²) >= 11 is 0. The summed E-state index contributed by atoms with van der Waals surface area (Å²) in [5.74, 6) is -0.910. The summed E-state index contributed by atoms with van der Waals surface area (Å²) in [4.78, 5) is 41.8. The first-order valence-electron chi connectivity index (χ1n) is 14.3. The Morgan fingerprint density at radius 3 is 2.39 bits per heavy atom. The zero-order valence-electron chi connectivity index (χ0n) is 24.4. The van der Waals surface area contributed by atoms with Gasteiger partial charge in [-0.2, -0.15) is 0 Å². The van der Waals surface area contributed by atoms with E-state index in [1.807, 2.05) is 68.4 Å². The molecule has 2 aromatic rings. The Balaban J connectivity index is 1.95. The van der Waals surface area contributed by atoms with Gasteiger partial charge in [-0.25, -0.2) is 0 Å². The van der Waals surface area contributed by atoms with E-state index in [2.05, 4.69) is 16.0 Å². The second-order valence-corrected chi connectivity index (χ2v) is 10.8. The molecule has 10 nitrogen and oxygen atoms in total. The molecule has 224 valence electrons. The van der Waals surface area contributed by atoms with Gasteiger partial charge in [0.1, 0.15) is 24.4 Å². The monoisotopic (exact) mass is 568 g/mol. The average molecular weight is 569 g/mol. The summed E-state index contributed by atoms with van der Waals surface area (Å²) in [7, 11) is 1.49. The minimum atomic E-state index is -1.23. The van der Waals surface area contributed by atoms with Gasteiger partial charge in [0.2, 0.25) is 17.7 Å². The number of β-amino-alcohol motifs (C(OH)–C–C–N with tert-alkyl or cyclic N) is 1. The van der Waals surface area contributed by atoms with Crippen LogP contribution in [-0.2, 0) is 27.2 Å². The zero-order valence-corrected chi connectivity index (χ0v) is 24.4. The third-order valence-electron chi connectivity index (χ3n) is 7.55. The molecule has 1 aliphatic heterocycles. The summed E-state index contributed by atoms with van der Waals surface area (Å²) in [5, 5.41) is 30.2. The van der Waals surface area contributed by atoms with E-state index in [0.29, 0.717) is 18.7 Å². The zero-order chi connectivity index (χ0) is 29.9. The summed E-state index contributed by atoms with van der Waals surface area (Å²) in [6, 6.07) is 13.8. The van der Waals surface area contributed by atoms with Crippen LogP contribution in [0.25, 0.3) is 0 Å². The van der Waals surface area contributed by atoms with Crippen molar-refractivity contribution in [2.75, 3.05) is 26.7 Å². The molecule has 2 unspecified atom stereocenters. The van der Waals surface area contributed by atoms with Crippen LogP contribution < -0.4 is 20.7 Å². The van der Waals surface area contributed by atoms with E-state index in [1.165, 1.54) is 18.9 Å².